The van der Waals surface area contributed by atoms with Gasteiger partial charge in [0.15, 0.2) is 0 Å². The number of sulfonamides is 1. The quantitative estimate of drug-likeness (QED) is 0.760. The molecule has 21 heavy (non-hydrogen) atoms. The Morgan fingerprint density at radius 3 is 2.67 bits per heavy atom. The smallest absolute Gasteiger partial charge is 0.247 e. The molecule has 0 aromatic carbocycles. The van der Waals surface area contributed by atoms with Crippen molar-refractivity contribution in [1.29, 1.82) is 0 Å². The zero-order chi connectivity index (χ0) is 15.3. The summed E-state index contributed by atoms with van der Waals surface area (Å²) in [6.07, 6.45) is 4.46. The predicted molar refractivity (Wildman–Crippen MR) is 81.7 cm³/mol. The molecule has 0 amide bonds. The molecule has 7 heteroatoms. The lowest BCUT2D eigenvalue weighted by Crippen LogP contribution is -2.35. The van der Waals surface area contributed by atoms with E-state index in [2.05, 4.69) is 21.5 Å². The second-order valence-corrected chi connectivity index (χ2v) is 7.43. The van der Waals surface area contributed by atoms with Gasteiger partial charge in [-0.3, -0.25) is 4.79 Å². The molecule has 0 aliphatic carbocycles. The van der Waals surface area contributed by atoms with Crippen LogP contribution in [0.3, 0.4) is 0 Å². The number of hydrogen-bond acceptors (Lipinski definition) is 4. The van der Waals surface area contributed by atoms with Crippen LogP contribution in [0.4, 0.5) is 0 Å². The first-order valence-corrected chi connectivity index (χ1v) is 8.86. The van der Waals surface area contributed by atoms with E-state index in [0.29, 0.717) is 6.54 Å². The summed E-state index contributed by atoms with van der Waals surface area (Å²) in [5.74, 6) is 0.806. The van der Waals surface area contributed by atoms with Gasteiger partial charge in [0.1, 0.15) is 0 Å². The van der Waals surface area contributed by atoms with Gasteiger partial charge in [0.2, 0.25) is 15.6 Å². The number of hydrogen-bond donors (Lipinski definition) is 2. The van der Waals surface area contributed by atoms with E-state index in [4.69, 9.17) is 0 Å². The van der Waals surface area contributed by atoms with Crippen LogP contribution in [0.25, 0.3) is 0 Å². The molecule has 1 aliphatic rings. The zero-order valence-electron chi connectivity index (χ0n) is 12.3. The van der Waals surface area contributed by atoms with Crippen LogP contribution in [0.1, 0.15) is 26.2 Å². The molecular formula is C14H23N3O3S. The van der Waals surface area contributed by atoms with Crippen LogP contribution in [0.15, 0.2) is 28.0 Å². The number of H-pyrrole nitrogens is 1. The van der Waals surface area contributed by atoms with Gasteiger partial charge in [-0.2, -0.15) is 0 Å². The summed E-state index contributed by atoms with van der Waals surface area (Å²) < 4.78 is 26.5. The minimum Gasteiger partial charge on any atom is -0.328 e. The van der Waals surface area contributed by atoms with Gasteiger partial charge in [-0.1, -0.05) is 6.92 Å². The van der Waals surface area contributed by atoms with Gasteiger partial charge in [-0.25, -0.2) is 13.1 Å². The molecule has 0 saturated carbocycles. The van der Waals surface area contributed by atoms with Crippen molar-refractivity contribution in [3.8, 4) is 0 Å². The van der Waals surface area contributed by atoms with Crippen LogP contribution < -0.4 is 10.3 Å². The van der Waals surface area contributed by atoms with Crippen LogP contribution in [0, 0.1) is 5.92 Å². The molecule has 1 aliphatic heterocycles. The van der Waals surface area contributed by atoms with Crippen molar-refractivity contribution in [2.24, 2.45) is 5.92 Å². The van der Waals surface area contributed by atoms with Crippen LogP contribution in [0.2, 0.25) is 0 Å². The lowest BCUT2D eigenvalue weighted by molar-refractivity contribution is 0.191. The zero-order valence-corrected chi connectivity index (χ0v) is 13.2. The van der Waals surface area contributed by atoms with E-state index in [1.807, 2.05) is 0 Å². The van der Waals surface area contributed by atoms with Gasteiger partial charge in [0.25, 0.3) is 0 Å². The fourth-order valence-electron chi connectivity index (χ4n) is 2.44. The molecule has 0 spiro atoms. The number of aromatic amines is 1. The highest BCUT2D eigenvalue weighted by molar-refractivity contribution is 7.89. The minimum atomic E-state index is -3.53. The van der Waals surface area contributed by atoms with Crippen LogP contribution in [-0.2, 0) is 10.0 Å². The fourth-order valence-corrected chi connectivity index (χ4v) is 3.48. The van der Waals surface area contributed by atoms with Crippen molar-refractivity contribution in [3.63, 3.8) is 0 Å². The van der Waals surface area contributed by atoms with Crippen molar-refractivity contribution in [2.75, 3.05) is 26.2 Å². The molecule has 1 aromatic heterocycles. The Bertz CT molecular complexity index is 584. The third kappa shape index (κ3) is 4.94. The monoisotopic (exact) mass is 313 g/mol. The molecule has 0 unspecified atom stereocenters. The summed E-state index contributed by atoms with van der Waals surface area (Å²) in [4.78, 5) is 15.8. The first-order chi connectivity index (χ1) is 9.97. The SMILES string of the molecule is CC1CCN(CCCNS(=O)(=O)c2ccc(=O)[nH]c2)CC1. The van der Waals surface area contributed by atoms with E-state index >= 15 is 0 Å². The number of pyridine rings is 1. The van der Waals surface area contributed by atoms with Crippen molar-refractivity contribution in [2.45, 2.75) is 31.1 Å². The first-order valence-electron chi connectivity index (χ1n) is 7.38. The number of likely N-dealkylation sites (tertiary alicyclic amines) is 1. The van der Waals surface area contributed by atoms with E-state index in [0.717, 1.165) is 32.0 Å². The summed E-state index contributed by atoms with van der Waals surface area (Å²) in [6.45, 7) is 5.81. The normalized spacial score (nSPS) is 18.0. The number of rotatable bonds is 6. The number of nitrogens with one attached hydrogen (secondary N) is 2. The van der Waals surface area contributed by atoms with Crippen molar-refractivity contribution < 1.29 is 8.42 Å². The number of aromatic nitrogens is 1. The van der Waals surface area contributed by atoms with Gasteiger partial charge in [0, 0.05) is 18.8 Å². The predicted octanol–water partition coefficient (Wildman–Crippen LogP) is 0.775. The molecule has 2 rings (SSSR count). The van der Waals surface area contributed by atoms with Gasteiger partial charge in [-0.05, 0) is 50.9 Å². The van der Waals surface area contributed by atoms with Crippen LogP contribution >= 0.6 is 0 Å². The Balaban J connectivity index is 1.75. The highest BCUT2D eigenvalue weighted by Gasteiger charge is 2.16. The largest absolute Gasteiger partial charge is 0.328 e. The summed E-state index contributed by atoms with van der Waals surface area (Å²) in [7, 11) is -3.53. The molecular weight excluding hydrogens is 290 g/mol. The molecule has 0 atom stereocenters. The Labute approximate surface area is 125 Å². The molecule has 2 N–H and O–H groups in total. The Kier molecular flexibility index (Phi) is 5.55. The van der Waals surface area contributed by atoms with Gasteiger partial charge >= 0.3 is 0 Å². The maximum absolute atomic E-state index is 12.0. The molecule has 2 heterocycles. The lowest BCUT2D eigenvalue weighted by atomic mass is 9.99. The molecule has 0 radical (unpaired) electrons. The van der Waals surface area contributed by atoms with Crippen molar-refractivity contribution in [1.82, 2.24) is 14.6 Å². The van der Waals surface area contributed by atoms with Crippen LogP contribution in [-0.4, -0.2) is 44.5 Å². The third-order valence-electron chi connectivity index (χ3n) is 3.89. The van der Waals surface area contributed by atoms with E-state index in [1.54, 1.807) is 0 Å². The average molecular weight is 313 g/mol. The van der Waals surface area contributed by atoms with Crippen molar-refractivity contribution >= 4 is 10.0 Å². The fraction of sp³-hybridized carbons (Fsp3) is 0.643. The summed E-state index contributed by atoms with van der Waals surface area (Å²) in [5, 5.41) is 0. The van der Waals surface area contributed by atoms with E-state index < -0.39 is 10.0 Å². The molecule has 1 aromatic rings. The summed E-state index contributed by atoms with van der Waals surface area (Å²) in [6, 6.07) is 2.52. The van der Waals surface area contributed by atoms with Crippen molar-refractivity contribution in [3.05, 3.63) is 28.7 Å². The van der Waals surface area contributed by atoms with E-state index in [1.165, 1.54) is 31.2 Å². The summed E-state index contributed by atoms with van der Waals surface area (Å²) in [5.41, 5.74) is -0.312. The topological polar surface area (TPSA) is 82.3 Å². The highest BCUT2D eigenvalue weighted by Crippen LogP contribution is 2.15. The Hall–Kier alpha value is -1.18. The van der Waals surface area contributed by atoms with Gasteiger partial charge < -0.3 is 9.88 Å². The standard InChI is InChI=1S/C14H23N3O3S/c1-12-5-9-17(10-6-12)8-2-7-16-21(19,20)13-3-4-14(18)15-11-13/h3-4,11-12,16H,2,5-10H2,1H3,(H,15,18). The molecule has 118 valence electrons. The second kappa shape index (κ2) is 7.20. The first kappa shape index (κ1) is 16.2. The third-order valence-corrected chi connectivity index (χ3v) is 5.34. The van der Waals surface area contributed by atoms with E-state index in [9.17, 15) is 13.2 Å². The van der Waals surface area contributed by atoms with Crippen LogP contribution in [0.5, 0.6) is 0 Å². The highest BCUT2D eigenvalue weighted by atomic mass is 32.2. The number of nitrogens with zero attached hydrogens (tertiary/aromatic N) is 1. The van der Waals surface area contributed by atoms with Gasteiger partial charge in [0.05, 0.1) is 4.90 Å². The molecule has 6 nitrogen and oxygen atoms in total. The molecule has 1 fully saturated rings. The average Bonchev–Trinajstić information content (AvgIpc) is 2.46. The number of piperidine rings is 1. The second-order valence-electron chi connectivity index (χ2n) is 5.66. The molecule has 0 bridgehead atoms. The summed E-state index contributed by atoms with van der Waals surface area (Å²) >= 11 is 0. The minimum absolute atomic E-state index is 0.0916. The Morgan fingerprint density at radius 1 is 1.33 bits per heavy atom. The Morgan fingerprint density at radius 2 is 2.05 bits per heavy atom. The molecule has 1 saturated heterocycles. The maximum Gasteiger partial charge on any atom is 0.247 e. The van der Waals surface area contributed by atoms with E-state index in [-0.39, 0.29) is 10.5 Å². The maximum atomic E-state index is 12.0. The lowest BCUT2D eigenvalue weighted by Gasteiger charge is -2.30. The van der Waals surface area contributed by atoms with Gasteiger partial charge in [-0.15, -0.1) is 0 Å².